The van der Waals surface area contributed by atoms with Crippen LogP contribution in [0.2, 0.25) is 5.02 Å². The fourth-order valence-corrected chi connectivity index (χ4v) is 3.63. The van der Waals surface area contributed by atoms with Crippen molar-refractivity contribution in [2.45, 2.75) is 13.5 Å². The lowest BCUT2D eigenvalue weighted by atomic mass is 10.2. The van der Waals surface area contributed by atoms with Gasteiger partial charge in [-0.3, -0.25) is 4.79 Å². The predicted octanol–water partition coefficient (Wildman–Crippen LogP) is 6.59. The third kappa shape index (κ3) is 5.74. The van der Waals surface area contributed by atoms with E-state index in [4.69, 9.17) is 25.5 Å². The summed E-state index contributed by atoms with van der Waals surface area (Å²) in [5.74, 6) is 0.904. The molecule has 0 saturated carbocycles. The molecule has 1 N–H and O–H groups in total. The van der Waals surface area contributed by atoms with E-state index in [1.807, 2.05) is 55.5 Å². The fraction of sp³-hybridized carbons (Fsp3) is 0.120. The minimum atomic E-state index is -0.438. The molecule has 0 atom stereocenters. The Labute approximate surface area is 204 Å². The van der Waals surface area contributed by atoms with Crippen LogP contribution in [0.4, 0.5) is 0 Å². The number of hydrogen-bond acceptors (Lipinski definition) is 5. The zero-order valence-corrected chi connectivity index (χ0v) is 20.0. The molecule has 4 rings (SSSR count). The number of nitrogens with one attached hydrogen (secondary N) is 1. The summed E-state index contributed by atoms with van der Waals surface area (Å²) in [7, 11) is 0. The highest BCUT2D eigenvalue weighted by Gasteiger charge is 2.13. The van der Waals surface area contributed by atoms with Gasteiger partial charge in [0.25, 0.3) is 0 Å². The Kier molecular flexibility index (Phi) is 7.32. The van der Waals surface area contributed by atoms with Crippen molar-refractivity contribution in [2.75, 3.05) is 6.61 Å². The van der Waals surface area contributed by atoms with Gasteiger partial charge < -0.3 is 13.9 Å². The molecule has 1 heterocycles. The summed E-state index contributed by atoms with van der Waals surface area (Å²) in [4.78, 5) is 12.4. The van der Waals surface area contributed by atoms with Crippen LogP contribution in [0.5, 0.6) is 11.5 Å². The molecular formula is C25H20BrClN2O4. The number of amides is 1. The second-order valence-electron chi connectivity index (χ2n) is 7.02. The van der Waals surface area contributed by atoms with Gasteiger partial charge in [0, 0.05) is 20.4 Å². The topological polar surface area (TPSA) is 73.1 Å². The number of fused-ring (bicyclic) bond motifs is 1. The van der Waals surface area contributed by atoms with E-state index in [1.165, 1.54) is 6.21 Å². The van der Waals surface area contributed by atoms with Gasteiger partial charge in [0.1, 0.15) is 12.2 Å². The summed E-state index contributed by atoms with van der Waals surface area (Å²) in [6.07, 6.45) is 1.52. The number of hydrogen-bond donors (Lipinski definition) is 1. The standard InChI is InChI=1S/C25H20BrClN2O4/c1-2-31-22-12-18(20(26)13-23(22)32-15-16-7-9-19(27)10-8-16)14-28-29-25(30)24-11-17-5-3-4-6-21(17)33-24/h3-14H,2,15H2,1H3,(H,29,30)/b28-14+. The number of halogens is 2. The first kappa shape index (κ1) is 22.9. The maximum absolute atomic E-state index is 12.4. The van der Waals surface area contributed by atoms with E-state index in [-0.39, 0.29) is 5.76 Å². The van der Waals surface area contributed by atoms with Gasteiger partial charge >= 0.3 is 5.91 Å². The van der Waals surface area contributed by atoms with Crippen molar-refractivity contribution in [1.82, 2.24) is 5.43 Å². The molecule has 8 heteroatoms. The molecule has 6 nitrogen and oxygen atoms in total. The first-order valence-electron chi connectivity index (χ1n) is 10.2. The summed E-state index contributed by atoms with van der Waals surface area (Å²) in [6, 6.07) is 20.1. The molecule has 4 aromatic rings. The van der Waals surface area contributed by atoms with E-state index in [1.54, 1.807) is 18.2 Å². The van der Waals surface area contributed by atoms with Crippen molar-refractivity contribution < 1.29 is 18.7 Å². The maximum atomic E-state index is 12.4. The van der Waals surface area contributed by atoms with Crippen LogP contribution in [0.15, 0.2) is 80.7 Å². The largest absolute Gasteiger partial charge is 0.490 e. The van der Waals surface area contributed by atoms with Crippen LogP contribution < -0.4 is 14.9 Å². The number of furan rings is 1. The van der Waals surface area contributed by atoms with Crippen molar-refractivity contribution in [1.29, 1.82) is 0 Å². The number of benzene rings is 3. The van der Waals surface area contributed by atoms with E-state index in [0.29, 0.717) is 40.9 Å². The third-order valence-corrected chi connectivity index (χ3v) is 5.63. The molecule has 1 amide bonds. The van der Waals surface area contributed by atoms with E-state index < -0.39 is 5.91 Å². The van der Waals surface area contributed by atoms with Crippen LogP contribution in [-0.4, -0.2) is 18.7 Å². The average molecular weight is 528 g/mol. The van der Waals surface area contributed by atoms with Crippen LogP contribution in [0, 0.1) is 0 Å². The number of ether oxygens (including phenoxy) is 2. The van der Waals surface area contributed by atoms with Crippen molar-refractivity contribution in [3.8, 4) is 11.5 Å². The van der Waals surface area contributed by atoms with Gasteiger partial charge in [-0.1, -0.05) is 41.9 Å². The number of hydrazone groups is 1. The maximum Gasteiger partial charge on any atom is 0.307 e. The van der Waals surface area contributed by atoms with Crippen molar-refractivity contribution in [3.63, 3.8) is 0 Å². The Morgan fingerprint density at radius 3 is 2.61 bits per heavy atom. The van der Waals surface area contributed by atoms with Crippen LogP contribution in [0.3, 0.4) is 0 Å². The highest BCUT2D eigenvalue weighted by atomic mass is 79.9. The van der Waals surface area contributed by atoms with Crippen molar-refractivity contribution in [2.24, 2.45) is 5.10 Å². The SMILES string of the molecule is CCOc1cc(/C=N/NC(=O)c2cc3ccccc3o2)c(Br)cc1OCc1ccc(Cl)cc1. The Hall–Kier alpha value is -3.29. The zero-order valence-electron chi connectivity index (χ0n) is 17.7. The highest BCUT2D eigenvalue weighted by Crippen LogP contribution is 2.34. The molecule has 0 saturated heterocycles. The lowest BCUT2D eigenvalue weighted by Crippen LogP contribution is -2.16. The Balaban J connectivity index is 1.46. The molecule has 0 aliphatic rings. The quantitative estimate of drug-likeness (QED) is 0.207. The van der Waals surface area contributed by atoms with Gasteiger partial charge in [0.05, 0.1) is 12.8 Å². The lowest BCUT2D eigenvalue weighted by molar-refractivity contribution is 0.0929. The smallest absolute Gasteiger partial charge is 0.307 e. The number of carbonyl (C=O) groups excluding carboxylic acids is 1. The van der Waals surface area contributed by atoms with E-state index >= 15 is 0 Å². The summed E-state index contributed by atoms with van der Waals surface area (Å²) in [5, 5.41) is 5.58. The van der Waals surface area contributed by atoms with E-state index in [9.17, 15) is 4.79 Å². The second-order valence-corrected chi connectivity index (χ2v) is 8.31. The predicted molar refractivity (Wildman–Crippen MR) is 132 cm³/mol. The average Bonchev–Trinajstić information content (AvgIpc) is 3.25. The van der Waals surface area contributed by atoms with Crippen LogP contribution >= 0.6 is 27.5 Å². The summed E-state index contributed by atoms with van der Waals surface area (Å²) in [6.45, 7) is 2.73. The molecule has 168 valence electrons. The number of para-hydroxylation sites is 1. The summed E-state index contributed by atoms with van der Waals surface area (Å²) in [5.41, 5.74) is 4.82. The first-order valence-corrected chi connectivity index (χ1v) is 11.4. The van der Waals surface area contributed by atoms with E-state index in [0.717, 1.165) is 15.4 Å². The minimum Gasteiger partial charge on any atom is -0.490 e. The first-order chi connectivity index (χ1) is 16.0. The van der Waals surface area contributed by atoms with Gasteiger partial charge in [-0.2, -0.15) is 5.10 Å². The van der Waals surface area contributed by atoms with Gasteiger partial charge in [-0.25, -0.2) is 5.43 Å². The monoisotopic (exact) mass is 526 g/mol. The van der Waals surface area contributed by atoms with Gasteiger partial charge in [0.15, 0.2) is 17.3 Å². The van der Waals surface area contributed by atoms with Crippen LogP contribution in [0.1, 0.15) is 28.6 Å². The molecule has 0 aliphatic carbocycles. The lowest BCUT2D eigenvalue weighted by Gasteiger charge is -2.14. The minimum absolute atomic E-state index is 0.188. The third-order valence-electron chi connectivity index (χ3n) is 4.69. The second kappa shape index (κ2) is 10.6. The molecule has 0 bridgehead atoms. The van der Waals surface area contributed by atoms with Crippen molar-refractivity contribution in [3.05, 3.63) is 93.1 Å². The molecular weight excluding hydrogens is 508 g/mol. The highest BCUT2D eigenvalue weighted by molar-refractivity contribution is 9.10. The Morgan fingerprint density at radius 2 is 1.85 bits per heavy atom. The van der Waals surface area contributed by atoms with Crippen molar-refractivity contribution >= 4 is 50.6 Å². The molecule has 0 radical (unpaired) electrons. The Bertz CT molecular complexity index is 1270. The summed E-state index contributed by atoms with van der Waals surface area (Å²) >= 11 is 9.47. The molecule has 0 unspecified atom stereocenters. The van der Waals surface area contributed by atoms with Gasteiger partial charge in [-0.15, -0.1) is 0 Å². The van der Waals surface area contributed by atoms with E-state index in [2.05, 4.69) is 26.5 Å². The zero-order chi connectivity index (χ0) is 23.2. The fourth-order valence-electron chi connectivity index (χ4n) is 3.08. The van der Waals surface area contributed by atoms with Crippen LogP contribution in [0.25, 0.3) is 11.0 Å². The van der Waals surface area contributed by atoms with Crippen LogP contribution in [-0.2, 0) is 6.61 Å². The molecule has 33 heavy (non-hydrogen) atoms. The molecule has 0 fully saturated rings. The Morgan fingerprint density at radius 1 is 1.09 bits per heavy atom. The number of rotatable bonds is 8. The summed E-state index contributed by atoms with van der Waals surface area (Å²) < 4.78 is 18.0. The molecule has 1 aromatic heterocycles. The van der Waals surface area contributed by atoms with Gasteiger partial charge in [-0.05, 0) is 64.8 Å². The number of nitrogens with zero attached hydrogens (tertiary/aromatic N) is 1. The van der Waals surface area contributed by atoms with Gasteiger partial charge in [0.2, 0.25) is 0 Å². The normalized spacial score (nSPS) is 11.1. The molecule has 0 spiro atoms. The number of carbonyl (C=O) groups is 1. The molecule has 3 aromatic carbocycles. The molecule has 0 aliphatic heterocycles.